The number of Topliss-reactive ketones (excluding diaryl/α,β-unsaturated/α-hetero) is 1. The van der Waals surface area contributed by atoms with Gasteiger partial charge in [-0.3, -0.25) is 4.79 Å². The van der Waals surface area contributed by atoms with Gasteiger partial charge in [0.2, 0.25) is 6.79 Å². The Hall–Kier alpha value is -3.21. The summed E-state index contributed by atoms with van der Waals surface area (Å²) in [6.07, 6.45) is 6.41. The van der Waals surface area contributed by atoms with Gasteiger partial charge < -0.3 is 18.9 Å². The van der Waals surface area contributed by atoms with Gasteiger partial charge in [0.05, 0.1) is 11.5 Å². The lowest BCUT2D eigenvalue weighted by atomic mass is 9.89. The minimum atomic E-state index is -0.361. The fraction of sp³-hybridized carbons (Fsp3) is 0.346. The normalized spacial score (nSPS) is 17.1. The van der Waals surface area contributed by atoms with Crippen molar-refractivity contribution in [3.05, 3.63) is 70.8 Å². The van der Waals surface area contributed by atoms with E-state index in [0.29, 0.717) is 35.2 Å². The van der Waals surface area contributed by atoms with Gasteiger partial charge in [-0.25, -0.2) is 0 Å². The summed E-state index contributed by atoms with van der Waals surface area (Å²) in [5.41, 5.74) is 4.09. The van der Waals surface area contributed by atoms with Crippen molar-refractivity contribution in [1.29, 1.82) is 0 Å². The van der Waals surface area contributed by atoms with Crippen molar-refractivity contribution < 1.29 is 23.7 Å². The SMILES string of the molecule is CC(C)=CCC/C(C)=C/COc1ccc2c(c1)OCC(c1ccc3c(c1)OCO3)C2=O. The second-order valence-corrected chi connectivity index (χ2v) is 8.18. The second kappa shape index (κ2) is 9.29. The molecule has 2 aliphatic rings. The number of carbonyl (C=O) groups is 1. The maximum atomic E-state index is 13.1. The Morgan fingerprint density at radius 2 is 1.84 bits per heavy atom. The molecule has 0 radical (unpaired) electrons. The Kier molecular flexibility index (Phi) is 6.31. The Labute approximate surface area is 183 Å². The molecule has 5 heteroatoms. The number of fused-ring (bicyclic) bond motifs is 2. The van der Waals surface area contributed by atoms with Crippen molar-refractivity contribution in [3.63, 3.8) is 0 Å². The molecular formula is C26H28O5. The van der Waals surface area contributed by atoms with Crippen LogP contribution in [0, 0.1) is 0 Å². The van der Waals surface area contributed by atoms with Gasteiger partial charge in [0.1, 0.15) is 24.7 Å². The summed E-state index contributed by atoms with van der Waals surface area (Å²) in [5, 5.41) is 0. The van der Waals surface area contributed by atoms with Gasteiger partial charge >= 0.3 is 0 Å². The highest BCUT2D eigenvalue weighted by atomic mass is 16.7. The first kappa shape index (κ1) is 21.0. The van der Waals surface area contributed by atoms with E-state index < -0.39 is 0 Å². The molecule has 5 nitrogen and oxygen atoms in total. The number of benzene rings is 2. The van der Waals surface area contributed by atoms with Gasteiger partial charge in [-0.2, -0.15) is 0 Å². The van der Waals surface area contributed by atoms with E-state index in [1.807, 2.05) is 24.3 Å². The van der Waals surface area contributed by atoms with Crippen molar-refractivity contribution in [3.8, 4) is 23.0 Å². The highest BCUT2D eigenvalue weighted by molar-refractivity contribution is 6.04. The molecule has 1 atom stereocenters. The molecule has 1 unspecified atom stereocenters. The summed E-state index contributed by atoms with van der Waals surface area (Å²) in [7, 11) is 0. The summed E-state index contributed by atoms with van der Waals surface area (Å²) in [4.78, 5) is 13.1. The van der Waals surface area contributed by atoms with Gasteiger partial charge in [-0.1, -0.05) is 23.3 Å². The molecule has 2 heterocycles. The molecule has 0 spiro atoms. The predicted octanol–water partition coefficient (Wildman–Crippen LogP) is 5.85. The standard InChI is InChI=1S/C26H28O5/c1-17(2)5-4-6-18(3)11-12-28-20-8-9-21-24(14-20)29-15-22(26(21)27)19-7-10-23-25(13-19)31-16-30-23/h5,7-11,13-14,22H,4,6,12,15-16H2,1-3H3/b18-11+. The highest BCUT2D eigenvalue weighted by Gasteiger charge is 2.31. The Balaban J connectivity index is 1.39. The third-order valence-corrected chi connectivity index (χ3v) is 5.51. The maximum absolute atomic E-state index is 13.1. The second-order valence-electron chi connectivity index (χ2n) is 8.18. The van der Waals surface area contributed by atoms with Gasteiger partial charge in [-0.15, -0.1) is 0 Å². The average molecular weight is 421 g/mol. The van der Waals surface area contributed by atoms with E-state index in [0.717, 1.165) is 18.4 Å². The number of allylic oxidation sites excluding steroid dienone is 3. The van der Waals surface area contributed by atoms with Crippen molar-refractivity contribution in [2.24, 2.45) is 0 Å². The first-order chi connectivity index (χ1) is 15.0. The van der Waals surface area contributed by atoms with Crippen LogP contribution in [-0.4, -0.2) is 25.8 Å². The van der Waals surface area contributed by atoms with Crippen LogP contribution in [0.2, 0.25) is 0 Å². The third kappa shape index (κ3) is 4.93. The molecule has 31 heavy (non-hydrogen) atoms. The number of hydrogen-bond donors (Lipinski definition) is 0. The number of ether oxygens (including phenoxy) is 4. The van der Waals surface area contributed by atoms with E-state index in [1.165, 1.54) is 11.1 Å². The fourth-order valence-electron chi connectivity index (χ4n) is 3.70. The number of ketones is 1. The van der Waals surface area contributed by atoms with Crippen LogP contribution >= 0.6 is 0 Å². The third-order valence-electron chi connectivity index (χ3n) is 5.51. The molecule has 0 aliphatic carbocycles. The Morgan fingerprint density at radius 1 is 1.00 bits per heavy atom. The predicted molar refractivity (Wildman–Crippen MR) is 119 cm³/mol. The molecule has 162 valence electrons. The minimum Gasteiger partial charge on any atom is -0.492 e. The lowest BCUT2D eigenvalue weighted by Gasteiger charge is -2.25. The maximum Gasteiger partial charge on any atom is 0.231 e. The van der Waals surface area contributed by atoms with Crippen molar-refractivity contribution in [2.45, 2.75) is 39.5 Å². The van der Waals surface area contributed by atoms with Gasteiger partial charge in [0.15, 0.2) is 17.3 Å². The Morgan fingerprint density at radius 3 is 2.68 bits per heavy atom. The lowest BCUT2D eigenvalue weighted by molar-refractivity contribution is 0.0896. The van der Waals surface area contributed by atoms with Crippen molar-refractivity contribution in [1.82, 2.24) is 0 Å². The molecule has 2 aromatic carbocycles. The first-order valence-electron chi connectivity index (χ1n) is 10.6. The van der Waals surface area contributed by atoms with Crippen LogP contribution in [0.1, 0.15) is 55.5 Å². The average Bonchev–Trinajstić information content (AvgIpc) is 3.21. The van der Waals surface area contributed by atoms with E-state index in [-0.39, 0.29) is 25.1 Å². The van der Waals surface area contributed by atoms with E-state index in [2.05, 4.69) is 32.9 Å². The summed E-state index contributed by atoms with van der Waals surface area (Å²) < 4.78 is 22.6. The van der Waals surface area contributed by atoms with E-state index in [9.17, 15) is 4.79 Å². The summed E-state index contributed by atoms with van der Waals surface area (Å²) in [6, 6.07) is 11.0. The molecular weight excluding hydrogens is 392 g/mol. The van der Waals surface area contributed by atoms with Crippen LogP contribution < -0.4 is 18.9 Å². The van der Waals surface area contributed by atoms with Crippen molar-refractivity contribution in [2.75, 3.05) is 20.0 Å². The number of hydrogen-bond acceptors (Lipinski definition) is 5. The first-order valence-corrected chi connectivity index (χ1v) is 10.6. The van der Waals surface area contributed by atoms with Gasteiger partial charge in [-0.05, 0) is 69.5 Å². The monoisotopic (exact) mass is 420 g/mol. The van der Waals surface area contributed by atoms with Crippen LogP contribution in [0.15, 0.2) is 59.7 Å². The molecule has 0 aromatic heterocycles. The van der Waals surface area contributed by atoms with Crippen LogP contribution in [0.4, 0.5) is 0 Å². The van der Waals surface area contributed by atoms with Crippen LogP contribution in [-0.2, 0) is 0 Å². The molecule has 0 fully saturated rings. The summed E-state index contributed by atoms with van der Waals surface area (Å²) in [5.74, 6) is 2.33. The van der Waals surface area contributed by atoms with Crippen LogP contribution in [0.3, 0.4) is 0 Å². The summed E-state index contributed by atoms with van der Waals surface area (Å²) >= 11 is 0. The smallest absolute Gasteiger partial charge is 0.231 e. The molecule has 0 bridgehead atoms. The fourth-order valence-corrected chi connectivity index (χ4v) is 3.70. The molecule has 0 saturated heterocycles. The van der Waals surface area contributed by atoms with Crippen LogP contribution in [0.5, 0.6) is 23.0 Å². The summed E-state index contributed by atoms with van der Waals surface area (Å²) in [6.45, 7) is 7.34. The molecule has 0 saturated carbocycles. The minimum absolute atomic E-state index is 0.0432. The zero-order valence-corrected chi connectivity index (χ0v) is 18.3. The molecule has 0 N–H and O–H groups in total. The van der Waals surface area contributed by atoms with Crippen molar-refractivity contribution >= 4 is 5.78 Å². The van der Waals surface area contributed by atoms with Gasteiger partial charge in [0, 0.05) is 6.07 Å². The molecule has 4 rings (SSSR count). The zero-order valence-electron chi connectivity index (χ0n) is 18.3. The van der Waals surface area contributed by atoms with Gasteiger partial charge in [0.25, 0.3) is 0 Å². The zero-order chi connectivity index (χ0) is 21.8. The largest absolute Gasteiger partial charge is 0.492 e. The van der Waals surface area contributed by atoms with E-state index in [4.69, 9.17) is 18.9 Å². The quantitative estimate of drug-likeness (QED) is 0.526. The van der Waals surface area contributed by atoms with Crippen LogP contribution in [0.25, 0.3) is 0 Å². The molecule has 2 aromatic rings. The number of carbonyl (C=O) groups excluding carboxylic acids is 1. The molecule has 2 aliphatic heterocycles. The Bertz CT molecular complexity index is 1030. The van der Waals surface area contributed by atoms with E-state index >= 15 is 0 Å². The topological polar surface area (TPSA) is 54.0 Å². The lowest BCUT2D eigenvalue weighted by Crippen LogP contribution is -2.26. The number of rotatable bonds is 7. The van der Waals surface area contributed by atoms with E-state index in [1.54, 1.807) is 12.1 Å². The molecule has 0 amide bonds. The highest BCUT2D eigenvalue weighted by Crippen LogP contribution is 2.39.